The molecule has 2 aromatic carbocycles. The molecule has 2 heterocycles. The molecule has 0 unspecified atom stereocenters. The van der Waals surface area contributed by atoms with E-state index in [4.69, 9.17) is 4.98 Å². The molecule has 162 valence electrons. The molecule has 5 rings (SSSR count). The van der Waals surface area contributed by atoms with Gasteiger partial charge in [-0.05, 0) is 36.1 Å². The molecule has 1 saturated carbocycles. The first kappa shape index (κ1) is 20.5. The van der Waals surface area contributed by atoms with Gasteiger partial charge in [-0.25, -0.2) is 9.37 Å². The third-order valence-electron chi connectivity index (χ3n) is 5.43. The average molecular weight is 449 g/mol. The van der Waals surface area contributed by atoms with Crippen molar-refractivity contribution in [3.63, 3.8) is 0 Å². The number of amides is 1. The SMILES string of the molecule is O=C(CSc1nc2c(-c3ccccc3)c[nH]c2c(=O)n1C1CC1)NCc1ccc(F)cc1. The molecule has 0 spiro atoms. The number of thioether (sulfide) groups is 1. The van der Waals surface area contributed by atoms with Gasteiger partial charge in [0.1, 0.15) is 16.9 Å². The Morgan fingerprint density at radius 2 is 1.91 bits per heavy atom. The summed E-state index contributed by atoms with van der Waals surface area (Å²) in [5.41, 5.74) is 3.66. The third kappa shape index (κ3) is 4.18. The van der Waals surface area contributed by atoms with E-state index in [9.17, 15) is 14.0 Å². The highest BCUT2D eigenvalue weighted by Gasteiger charge is 2.29. The lowest BCUT2D eigenvalue weighted by molar-refractivity contribution is -0.118. The van der Waals surface area contributed by atoms with Crippen LogP contribution in [0.4, 0.5) is 4.39 Å². The molecule has 2 N–H and O–H groups in total. The van der Waals surface area contributed by atoms with Crippen LogP contribution in [0.25, 0.3) is 22.2 Å². The summed E-state index contributed by atoms with van der Waals surface area (Å²) in [6.45, 7) is 0.317. The summed E-state index contributed by atoms with van der Waals surface area (Å²) in [5, 5.41) is 3.39. The highest BCUT2D eigenvalue weighted by molar-refractivity contribution is 7.99. The van der Waals surface area contributed by atoms with Crippen LogP contribution in [0.3, 0.4) is 0 Å². The van der Waals surface area contributed by atoms with Crippen molar-refractivity contribution in [3.05, 3.63) is 82.5 Å². The number of nitrogens with one attached hydrogen (secondary N) is 2. The number of aromatic amines is 1. The average Bonchev–Trinajstić information content (AvgIpc) is 3.55. The van der Waals surface area contributed by atoms with E-state index in [0.717, 1.165) is 29.5 Å². The van der Waals surface area contributed by atoms with E-state index in [0.29, 0.717) is 22.7 Å². The van der Waals surface area contributed by atoms with Gasteiger partial charge in [0.25, 0.3) is 5.56 Å². The quantitative estimate of drug-likeness (QED) is 0.327. The standard InChI is InChI=1S/C24H21FN4O2S/c25-17-8-6-15(7-9-17)12-26-20(30)14-32-24-28-21-19(16-4-2-1-3-5-16)13-27-22(21)23(31)29(24)18-10-11-18/h1-9,13,18,27H,10-12,14H2,(H,26,30). The zero-order chi connectivity index (χ0) is 22.1. The zero-order valence-electron chi connectivity index (χ0n) is 17.2. The molecule has 4 aromatic rings. The molecule has 1 amide bonds. The van der Waals surface area contributed by atoms with Gasteiger partial charge in [-0.3, -0.25) is 14.2 Å². The molecule has 6 nitrogen and oxygen atoms in total. The molecule has 1 aliphatic carbocycles. The van der Waals surface area contributed by atoms with Crippen LogP contribution in [0.2, 0.25) is 0 Å². The summed E-state index contributed by atoms with van der Waals surface area (Å²) in [7, 11) is 0. The van der Waals surface area contributed by atoms with E-state index in [1.807, 2.05) is 36.5 Å². The predicted octanol–water partition coefficient (Wildman–Crippen LogP) is 4.27. The third-order valence-corrected chi connectivity index (χ3v) is 6.38. The maximum atomic E-state index is 13.2. The van der Waals surface area contributed by atoms with Crippen LogP contribution in [-0.2, 0) is 11.3 Å². The molecule has 0 radical (unpaired) electrons. The molecule has 0 bridgehead atoms. The first-order valence-corrected chi connectivity index (χ1v) is 11.4. The van der Waals surface area contributed by atoms with Crippen LogP contribution in [0.15, 0.2) is 70.7 Å². The summed E-state index contributed by atoms with van der Waals surface area (Å²) >= 11 is 1.26. The maximum absolute atomic E-state index is 13.2. The smallest absolute Gasteiger partial charge is 0.278 e. The van der Waals surface area contributed by atoms with Crippen LogP contribution in [-0.4, -0.2) is 26.2 Å². The lowest BCUT2D eigenvalue weighted by Gasteiger charge is -2.12. The number of nitrogens with zero attached hydrogens (tertiary/aromatic N) is 2. The van der Waals surface area contributed by atoms with Gasteiger partial charge in [0.2, 0.25) is 5.91 Å². The summed E-state index contributed by atoms with van der Waals surface area (Å²) in [6.07, 6.45) is 3.68. The Kier molecular flexibility index (Phi) is 5.53. The van der Waals surface area contributed by atoms with E-state index in [1.54, 1.807) is 16.7 Å². The number of fused-ring (bicyclic) bond motifs is 1. The molecule has 1 fully saturated rings. The van der Waals surface area contributed by atoms with Gasteiger partial charge in [-0.2, -0.15) is 0 Å². The zero-order valence-corrected chi connectivity index (χ0v) is 18.0. The molecular weight excluding hydrogens is 427 g/mol. The van der Waals surface area contributed by atoms with Crippen molar-refractivity contribution in [2.45, 2.75) is 30.6 Å². The monoisotopic (exact) mass is 448 g/mol. The number of aromatic nitrogens is 3. The highest BCUT2D eigenvalue weighted by Crippen LogP contribution is 2.37. The van der Waals surface area contributed by atoms with Crippen molar-refractivity contribution in [1.29, 1.82) is 0 Å². The number of halogens is 1. The minimum absolute atomic E-state index is 0.103. The lowest BCUT2D eigenvalue weighted by atomic mass is 10.1. The van der Waals surface area contributed by atoms with Gasteiger partial charge < -0.3 is 10.3 Å². The van der Waals surface area contributed by atoms with Crippen LogP contribution < -0.4 is 10.9 Å². The van der Waals surface area contributed by atoms with Gasteiger partial charge in [-0.1, -0.05) is 54.2 Å². The van der Waals surface area contributed by atoms with Crippen LogP contribution in [0.1, 0.15) is 24.4 Å². The predicted molar refractivity (Wildman–Crippen MR) is 123 cm³/mol. The molecule has 32 heavy (non-hydrogen) atoms. The number of carbonyl (C=O) groups excluding carboxylic acids is 1. The van der Waals surface area contributed by atoms with Gasteiger partial charge in [0, 0.05) is 24.3 Å². The fourth-order valence-corrected chi connectivity index (χ4v) is 4.52. The second-order valence-corrected chi connectivity index (χ2v) is 8.73. The molecule has 0 saturated heterocycles. The Balaban J connectivity index is 1.38. The largest absolute Gasteiger partial charge is 0.355 e. The minimum atomic E-state index is -0.310. The topological polar surface area (TPSA) is 79.8 Å². The van der Waals surface area contributed by atoms with E-state index >= 15 is 0 Å². The maximum Gasteiger partial charge on any atom is 0.278 e. The number of carbonyl (C=O) groups is 1. The Labute approximate surface area is 187 Å². The van der Waals surface area contributed by atoms with E-state index < -0.39 is 0 Å². The van der Waals surface area contributed by atoms with Crippen molar-refractivity contribution in [2.75, 3.05) is 5.75 Å². The molecule has 2 aromatic heterocycles. The van der Waals surface area contributed by atoms with Crippen molar-refractivity contribution >= 4 is 28.7 Å². The summed E-state index contributed by atoms with van der Waals surface area (Å²) in [4.78, 5) is 33.5. The van der Waals surface area contributed by atoms with E-state index in [1.165, 1.54) is 23.9 Å². The normalized spacial score (nSPS) is 13.4. The first-order valence-electron chi connectivity index (χ1n) is 10.4. The number of H-pyrrole nitrogens is 1. The summed E-state index contributed by atoms with van der Waals surface area (Å²) in [5.74, 6) is -0.347. The Hall–Kier alpha value is -3.39. The van der Waals surface area contributed by atoms with Crippen molar-refractivity contribution in [2.24, 2.45) is 0 Å². The fourth-order valence-electron chi connectivity index (χ4n) is 3.63. The van der Waals surface area contributed by atoms with E-state index in [-0.39, 0.29) is 29.1 Å². The minimum Gasteiger partial charge on any atom is -0.355 e. The van der Waals surface area contributed by atoms with Gasteiger partial charge in [0.15, 0.2) is 5.16 Å². The number of rotatable bonds is 7. The molecular formula is C24H21FN4O2S. The Morgan fingerprint density at radius 1 is 1.16 bits per heavy atom. The highest BCUT2D eigenvalue weighted by atomic mass is 32.2. The van der Waals surface area contributed by atoms with Crippen LogP contribution in [0, 0.1) is 5.82 Å². The van der Waals surface area contributed by atoms with Crippen molar-refractivity contribution < 1.29 is 9.18 Å². The summed E-state index contributed by atoms with van der Waals surface area (Å²) < 4.78 is 14.7. The second kappa shape index (κ2) is 8.63. The molecule has 0 aliphatic heterocycles. The first-order chi connectivity index (χ1) is 15.6. The molecule has 0 atom stereocenters. The van der Waals surface area contributed by atoms with Crippen LogP contribution in [0.5, 0.6) is 0 Å². The summed E-state index contributed by atoms with van der Waals surface area (Å²) in [6, 6.07) is 15.9. The Bertz CT molecular complexity index is 1330. The van der Waals surface area contributed by atoms with Gasteiger partial charge >= 0.3 is 0 Å². The van der Waals surface area contributed by atoms with Crippen LogP contribution >= 0.6 is 11.8 Å². The fraction of sp³-hybridized carbons (Fsp3) is 0.208. The molecule has 1 aliphatic rings. The Morgan fingerprint density at radius 3 is 2.62 bits per heavy atom. The molecule has 8 heteroatoms. The number of benzene rings is 2. The lowest BCUT2D eigenvalue weighted by Crippen LogP contribution is -2.26. The van der Waals surface area contributed by atoms with Crippen molar-refractivity contribution in [1.82, 2.24) is 19.9 Å². The van der Waals surface area contributed by atoms with Gasteiger partial charge in [0.05, 0.1) is 5.75 Å². The van der Waals surface area contributed by atoms with E-state index in [2.05, 4.69) is 10.3 Å². The second-order valence-electron chi connectivity index (χ2n) is 7.78. The number of hydrogen-bond donors (Lipinski definition) is 2. The van der Waals surface area contributed by atoms with Gasteiger partial charge in [-0.15, -0.1) is 0 Å². The number of hydrogen-bond acceptors (Lipinski definition) is 4. The van der Waals surface area contributed by atoms with Crippen molar-refractivity contribution in [3.8, 4) is 11.1 Å².